The highest BCUT2D eigenvalue weighted by molar-refractivity contribution is 8.01. The van der Waals surface area contributed by atoms with Crippen molar-refractivity contribution in [1.82, 2.24) is 15.0 Å². The van der Waals surface area contributed by atoms with E-state index in [9.17, 15) is 5.26 Å². The summed E-state index contributed by atoms with van der Waals surface area (Å²) in [6.07, 6.45) is 1.75. The number of nitrogens with zero attached hydrogens (tertiary/aromatic N) is 4. The molecule has 5 nitrogen and oxygen atoms in total. The minimum absolute atomic E-state index is 0.437. The van der Waals surface area contributed by atoms with Gasteiger partial charge >= 0.3 is 0 Å². The number of hydrogen-bond donors (Lipinski definition) is 0. The largest absolute Gasteiger partial charge is 0.457 e. The van der Waals surface area contributed by atoms with Gasteiger partial charge in [-0.25, -0.2) is 15.0 Å². The van der Waals surface area contributed by atoms with E-state index in [0.717, 1.165) is 21.4 Å². The van der Waals surface area contributed by atoms with Gasteiger partial charge in [0.1, 0.15) is 28.2 Å². The number of benzene rings is 3. The van der Waals surface area contributed by atoms with Crippen LogP contribution in [0, 0.1) is 18.3 Å². The molecule has 0 fully saturated rings. The fourth-order valence-electron chi connectivity index (χ4n) is 3.35. The van der Waals surface area contributed by atoms with Crippen LogP contribution in [-0.4, -0.2) is 15.0 Å². The molecule has 0 N–H and O–H groups in total. The third kappa shape index (κ3) is 5.94. The fraction of sp³-hybridized carbons (Fsp3) is 0.0714. The van der Waals surface area contributed by atoms with Crippen LogP contribution in [0.15, 0.2) is 105 Å². The lowest BCUT2D eigenvalue weighted by Crippen LogP contribution is -1.99. The van der Waals surface area contributed by atoms with Crippen molar-refractivity contribution in [3.05, 3.63) is 107 Å². The van der Waals surface area contributed by atoms with E-state index >= 15 is 0 Å². The van der Waals surface area contributed by atoms with Gasteiger partial charge < -0.3 is 4.74 Å². The number of nitriles is 1. The molecule has 0 aliphatic carbocycles. The van der Waals surface area contributed by atoms with Gasteiger partial charge in [-0.3, -0.25) is 0 Å². The molecular weight excluding hydrogens is 505 g/mol. The monoisotopic (exact) mass is 524 g/mol. The second kappa shape index (κ2) is 11.4. The number of ether oxygens (including phenoxy) is 1. The highest BCUT2D eigenvalue weighted by Crippen LogP contribution is 2.36. The quantitative estimate of drug-likeness (QED) is 0.116. The average molecular weight is 525 g/mol. The van der Waals surface area contributed by atoms with E-state index in [1.807, 2.05) is 60.0 Å². The molecule has 0 unspecified atom stereocenters. The van der Waals surface area contributed by atoms with E-state index < -0.39 is 0 Å². The number of hydrogen-bond acceptors (Lipinski definition) is 8. The van der Waals surface area contributed by atoms with Crippen molar-refractivity contribution in [3.63, 3.8) is 0 Å². The molecule has 0 saturated carbocycles. The minimum Gasteiger partial charge on any atom is -0.457 e. The second-order valence-corrected chi connectivity index (χ2v) is 10.8. The summed E-state index contributed by atoms with van der Waals surface area (Å²) < 4.78 is 6.76. The van der Waals surface area contributed by atoms with E-state index in [-0.39, 0.29) is 0 Å². The molecule has 0 aliphatic rings. The number of thioether (sulfide) groups is 1. The number of aryl methyl sites for hydroxylation is 1. The third-order valence-electron chi connectivity index (χ3n) is 5.16. The van der Waals surface area contributed by atoms with Crippen molar-refractivity contribution < 1.29 is 4.74 Å². The molecule has 0 radical (unpaired) electrons. The smallest absolute Gasteiger partial charge is 0.189 e. The molecule has 0 aliphatic heterocycles. The molecule has 36 heavy (non-hydrogen) atoms. The van der Waals surface area contributed by atoms with Crippen LogP contribution in [0.25, 0.3) is 11.3 Å². The van der Waals surface area contributed by atoms with Gasteiger partial charge in [-0.05, 0) is 60.6 Å². The fourth-order valence-corrected chi connectivity index (χ4v) is 5.82. The average Bonchev–Trinajstić information content (AvgIpc) is 3.42. The van der Waals surface area contributed by atoms with Crippen molar-refractivity contribution in [3.8, 4) is 28.8 Å². The summed E-state index contributed by atoms with van der Waals surface area (Å²) in [5.74, 6) is 2.21. The zero-order valence-electron chi connectivity index (χ0n) is 19.3. The summed E-state index contributed by atoms with van der Waals surface area (Å²) in [5, 5.41) is 13.2. The standard InChI is InChI=1S/C28H20N4OS3/c1-19-7-9-20(10-8-19)18-35-27-31-25(24(17-29)26(32-27)36-28-30-15-16-34-28)21-11-13-23(14-12-21)33-22-5-3-2-4-6-22/h2-16H,18H2,1H3. The molecule has 5 rings (SSSR count). The lowest BCUT2D eigenvalue weighted by molar-refractivity contribution is 0.483. The van der Waals surface area contributed by atoms with Crippen LogP contribution in [0.2, 0.25) is 0 Å². The molecule has 0 amide bonds. The van der Waals surface area contributed by atoms with E-state index in [1.165, 1.54) is 34.2 Å². The van der Waals surface area contributed by atoms with Crippen molar-refractivity contribution in [2.24, 2.45) is 0 Å². The summed E-state index contributed by atoms with van der Waals surface area (Å²) in [4.78, 5) is 13.9. The predicted molar refractivity (Wildman–Crippen MR) is 146 cm³/mol. The van der Waals surface area contributed by atoms with Gasteiger partial charge in [0.05, 0.1) is 5.69 Å². The van der Waals surface area contributed by atoms with Gasteiger partial charge in [0.15, 0.2) is 9.50 Å². The predicted octanol–water partition coefficient (Wildman–Crippen LogP) is 8.02. The third-order valence-corrected chi connectivity index (χ3v) is 7.95. The van der Waals surface area contributed by atoms with Crippen molar-refractivity contribution in [2.45, 2.75) is 27.2 Å². The van der Waals surface area contributed by atoms with Gasteiger partial charge in [-0.2, -0.15) is 5.26 Å². The van der Waals surface area contributed by atoms with Gasteiger partial charge in [0.25, 0.3) is 0 Å². The normalized spacial score (nSPS) is 10.7. The van der Waals surface area contributed by atoms with Gasteiger partial charge in [0.2, 0.25) is 0 Å². The number of rotatable bonds is 8. The van der Waals surface area contributed by atoms with Crippen LogP contribution >= 0.6 is 34.9 Å². The Balaban J connectivity index is 1.47. The molecular formula is C28H20N4OS3. The van der Waals surface area contributed by atoms with E-state index in [4.69, 9.17) is 14.7 Å². The maximum atomic E-state index is 10.1. The lowest BCUT2D eigenvalue weighted by Gasteiger charge is -2.11. The summed E-state index contributed by atoms with van der Waals surface area (Å²) in [6, 6.07) is 28.0. The Morgan fingerprint density at radius 2 is 1.67 bits per heavy atom. The van der Waals surface area contributed by atoms with Gasteiger partial charge in [-0.15, -0.1) is 11.3 Å². The zero-order chi connectivity index (χ0) is 24.7. The molecule has 2 heterocycles. The Labute approximate surface area is 222 Å². The number of para-hydroxylation sites is 1. The highest BCUT2D eigenvalue weighted by Gasteiger charge is 2.18. The highest BCUT2D eigenvalue weighted by atomic mass is 32.2. The summed E-state index contributed by atoms with van der Waals surface area (Å²) in [6.45, 7) is 2.07. The first-order valence-electron chi connectivity index (χ1n) is 11.1. The van der Waals surface area contributed by atoms with E-state index in [2.05, 4.69) is 42.2 Å². The van der Waals surface area contributed by atoms with Crippen LogP contribution in [0.4, 0.5) is 0 Å². The molecule has 0 bridgehead atoms. The van der Waals surface area contributed by atoms with Crippen LogP contribution < -0.4 is 4.74 Å². The molecule has 0 saturated heterocycles. The summed E-state index contributed by atoms with van der Waals surface area (Å²) in [7, 11) is 0. The zero-order valence-corrected chi connectivity index (χ0v) is 21.7. The first kappa shape index (κ1) is 24.1. The summed E-state index contributed by atoms with van der Waals surface area (Å²) in [5.41, 5.74) is 4.28. The van der Waals surface area contributed by atoms with Crippen LogP contribution in [-0.2, 0) is 5.75 Å². The molecule has 0 atom stereocenters. The summed E-state index contributed by atoms with van der Waals surface area (Å²) >= 11 is 4.46. The van der Waals surface area contributed by atoms with Crippen LogP contribution in [0.3, 0.4) is 0 Å². The van der Waals surface area contributed by atoms with Crippen LogP contribution in [0.1, 0.15) is 16.7 Å². The van der Waals surface area contributed by atoms with Gasteiger partial charge in [-0.1, -0.05) is 59.8 Å². The number of thiazole rings is 1. The van der Waals surface area contributed by atoms with Crippen molar-refractivity contribution in [2.75, 3.05) is 0 Å². The molecule has 176 valence electrons. The minimum atomic E-state index is 0.437. The van der Waals surface area contributed by atoms with Gasteiger partial charge in [0, 0.05) is 22.9 Å². The molecule has 0 spiro atoms. The molecule has 2 aromatic heterocycles. The first-order chi connectivity index (χ1) is 17.7. The topological polar surface area (TPSA) is 71.7 Å². The Hall–Kier alpha value is -3.64. The maximum absolute atomic E-state index is 10.1. The first-order valence-corrected chi connectivity index (χ1v) is 13.8. The Kier molecular flexibility index (Phi) is 7.62. The molecule has 3 aromatic carbocycles. The second-order valence-electron chi connectivity index (χ2n) is 7.76. The Morgan fingerprint density at radius 3 is 2.36 bits per heavy atom. The van der Waals surface area contributed by atoms with Crippen LogP contribution in [0.5, 0.6) is 11.5 Å². The molecule has 5 aromatic rings. The Morgan fingerprint density at radius 1 is 0.917 bits per heavy atom. The Bertz CT molecular complexity index is 1480. The maximum Gasteiger partial charge on any atom is 0.189 e. The van der Waals surface area contributed by atoms with Crippen molar-refractivity contribution >= 4 is 34.9 Å². The number of aromatic nitrogens is 3. The lowest BCUT2D eigenvalue weighted by atomic mass is 10.1. The molecule has 8 heteroatoms. The SMILES string of the molecule is Cc1ccc(CSc2nc(Sc3nccs3)c(C#N)c(-c3ccc(Oc4ccccc4)cc3)n2)cc1. The van der Waals surface area contributed by atoms with E-state index in [0.29, 0.717) is 27.2 Å². The van der Waals surface area contributed by atoms with Crippen molar-refractivity contribution in [1.29, 1.82) is 5.26 Å². The van der Waals surface area contributed by atoms with E-state index in [1.54, 1.807) is 18.0 Å².